The summed E-state index contributed by atoms with van der Waals surface area (Å²) >= 11 is 0. The lowest BCUT2D eigenvalue weighted by atomic mass is 9.87. The molecule has 0 amide bonds. The number of benzene rings is 1. The summed E-state index contributed by atoms with van der Waals surface area (Å²) in [6, 6.07) is 9.16. The molecule has 118 valence electrons. The number of piperazine rings is 1. The van der Waals surface area contributed by atoms with Crippen LogP contribution in [0, 0.1) is 5.41 Å². The van der Waals surface area contributed by atoms with Gasteiger partial charge in [0.15, 0.2) is 0 Å². The third kappa shape index (κ3) is 4.74. The summed E-state index contributed by atoms with van der Waals surface area (Å²) in [4.78, 5) is 5.12. The van der Waals surface area contributed by atoms with E-state index >= 15 is 0 Å². The SMILES string of the molecule is CC(C)(C)CN1CCN(c2ccc(C(C)(C)C)cc2)CC1. The minimum atomic E-state index is 0.240. The largest absolute Gasteiger partial charge is 0.369 e. The van der Waals surface area contributed by atoms with Crippen LogP contribution >= 0.6 is 0 Å². The van der Waals surface area contributed by atoms with Crippen molar-refractivity contribution in [3.05, 3.63) is 29.8 Å². The molecule has 0 atom stereocenters. The molecule has 2 rings (SSSR count). The Kier molecular flexibility index (Phi) is 4.67. The van der Waals surface area contributed by atoms with E-state index in [2.05, 4.69) is 75.6 Å². The van der Waals surface area contributed by atoms with Crippen LogP contribution in [0.25, 0.3) is 0 Å². The predicted molar refractivity (Wildman–Crippen MR) is 93.3 cm³/mol. The van der Waals surface area contributed by atoms with Crippen molar-refractivity contribution >= 4 is 5.69 Å². The molecular formula is C19H32N2. The van der Waals surface area contributed by atoms with Crippen molar-refractivity contribution in [2.24, 2.45) is 5.41 Å². The van der Waals surface area contributed by atoms with E-state index in [-0.39, 0.29) is 5.41 Å². The van der Waals surface area contributed by atoms with Gasteiger partial charge in [-0.25, -0.2) is 0 Å². The first-order valence-electron chi connectivity index (χ1n) is 8.23. The molecule has 0 aliphatic carbocycles. The van der Waals surface area contributed by atoms with Gasteiger partial charge in [0.25, 0.3) is 0 Å². The second-order valence-corrected chi connectivity index (χ2v) is 8.62. The third-order valence-corrected chi connectivity index (χ3v) is 4.17. The molecule has 0 N–H and O–H groups in total. The van der Waals surface area contributed by atoms with Crippen LogP contribution in [0.15, 0.2) is 24.3 Å². The van der Waals surface area contributed by atoms with E-state index in [9.17, 15) is 0 Å². The quantitative estimate of drug-likeness (QED) is 0.806. The zero-order chi connectivity index (χ0) is 15.7. The first-order valence-corrected chi connectivity index (χ1v) is 8.23. The lowest BCUT2D eigenvalue weighted by Crippen LogP contribution is -2.48. The molecule has 2 nitrogen and oxygen atoms in total. The van der Waals surface area contributed by atoms with Crippen molar-refractivity contribution in [3.8, 4) is 0 Å². The van der Waals surface area contributed by atoms with E-state index in [0.29, 0.717) is 5.41 Å². The van der Waals surface area contributed by atoms with Crippen LogP contribution in [0.3, 0.4) is 0 Å². The summed E-state index contributed by atoms with van der Waals surface area (Å²) in [6.07, 6.45) is 0. The van der Waals surface area contributed by atoms with E-state index in [1.807, 2.05) is 0 Å². The van der Waals surface area contributed by atoms with Gasteiger partial charge in [0.05, 0.1) is 0 Å². The van der Waals surface area contributed by atoms with Crippen LogP contribution in [0.1, 0.15) is 47.1 Å². The molecule has 0 bridgehead atoms. The number of hydrogen-bond donors (Lipinski definition) is 0. The van der Waals surface area contributed by atoms with Crippen molar-refractivity contribution in [1.29, 1.82) is 0 Å². The summed E-state index contributed by atoms with van der Waals surface area (Å²) in [6.45, 7) is 19.6. The first kappa shape index (κ1) is 16.4. The maximum Gasteiger partial charge on any atom is 0.0367 e. The monoisotopic (exact) mass is 288 g/mol. The Balaban J connectivity index is 1.93. The molecule has 2 heteroatoms. The summed E-state index contributed by atoms with van der Waals surface area (Å²) < 4.78 is 0. The summed E-state index contributed by atoms with van der Waals surface area (Å²) in [7, 11) is 0. The lowest BCUT2D eigenvalue weighted by Gasteiger charge is -2.39. The highest BCUT2D eigenvalue weighted by molar-refractivity contribution is 5.49. The number of rotatable bonds is 2. The number of anilines is 1. The predicted octanol–water partition coefficient (Wildman–Crippen LogP) is 4.15. The maximum atomic E-state index is 2.60. The van der Waals surface area contributed by atoms with Crippen LogP contribution < -0.4 is 4.90 Å². The van der Waals surface area contributed by atoms with Crippen molar-refractivity contribution in [2.45, 2.75) is 47.0 Å². The van der Waals surface area contributed by atoms with Gasteiger partial charge in [0.1, 0.15) is 0 Å². The lowest BCUT2D eigenvalue weighted by molar-refractivity contribution is 0.182. The molecule has 1 fully saturated rings. The normalized spacial score (nSPS) is 18.1. The van der Waals surface area contributed by atoms with E-state index in [1.54, 1.807) is 0 Å². The molecule has 0 radical (unpaired) electrons. The van der Waals surface area contributed by atoms with Crippen molar-refractivity contribution in [1.82, 2.24) is 4.90 Å². The highest BCUT2D eigenvalue weighted by atomic mass is 15.3. The van der Waals surface area contributed by atoms with E-state index in [1.165, 1.54) is 30.9 Å². The van der Waals surface area contributed by atoms with Gasteiger partial charge in [-0.3, -0.25) is 4.90 Å². The molecule has 0 spiro atoms. The summed E-state index contributed by atoms with van der Waals surface area (Å²) in [5, 5.41) is 0. The minimum Gasteiger partial charge on any atom is -0.369 e. The van der Waals surface area contributed by atoms with Crippen LogP contribution in [0.2, 0.25) is 0 Å². The van der Waals surface area contributed by atoms with Gasteiger partial charge in [0, 0.05) is 38.4 Å². The Morgan fingerprint density at radius 2 is 1.33 bits per heavy atom. The average molecular weight is 288 g/mol. The standard InChI is InChI=1S/C19H32N2/c1-18(2,3)15-20-11-13-21(14-12-20)17-9-7-16(8-10-17)19(4,5)6/h7-10H,11-15H2,1-6H3. The van der Waals surface area contributed by atoms with E-state index < -0.39 is 0 Å². The second-order valence-electron chi connectivity index (χ2n) is 8.62. The Labute approximate surface area is 131 Å². The van der Waals surface area contributed by atoms with E-state index in [4.69, 9.17) is 0 Å². The molecule has 1 saturated heterocycles. The Morgan fingerprint density at radius 3 is 1.76 bits per heavy atom. The van der Waals surface area contributed by atoms with Gasteiger partial charge >= 0.3 is 0 Å². The fourth-order valence-corrected chi connectivity index (χ4v) is 3.01. The third-order valence-electron chi connectivity index (χ3n) is 4.17. The fourth-order valence-electron chi connectivity index (χ4n) is 3.01. The van der Waals surface area contributed by atoms with Crippen molar-refractivity contribution in [2.75, 3.05) is 37.6 Å². The summed E-state index contributed by atoms with van der Waals surface area (Å²) in [5.74, 6) is 0. The Morgan fingerprint density at radius 1 is 0.810 bits per heavy atom. The van der Waals surface area contributed by atoms with Gasteiger partial charge in [-0.2, -0.15) is 0 Å². The van der Waals surface area contributed by atoms with Crippen LogP contribution in [0.5, 0.6) is 0 Å². The highest BCUT2D eigenvalue weighted by Crippen LogP contribution is 2.25. The molecule has 1 aromatic rings. The molecule has 1 aliphatic rings. The molecule has 1 heterocycles. The molecule has 0 saturated carbocycles. The number of nitrogens with zero attached hydrogens (tertiary/aromatic N) is 2. The topological polar surface area (TPSA) is 6.48 Å². The molecular weight excluding hydrogens is 256 g/mol. The van der Waals surface area contributed by atoms with Crippen LogP contribution in [0.4, 0.5) is 5.69 Å². The smallest absolute Gasteiger partial charge is 0.0367 e. The zero-order valence-corrected chi connectivity index (χ0v) is 14.7. The van der Waals surface area contributed by atoms with Crippen LogP contribution in [-0.2, 0) is 5.41 Å². The first-order chi connectivity index (χ1) is 9.65. The van der Waals surface area contributed by atoms with Crippen molar-refractivity contribution in [3.63, 3.8) is 0 Å². The zero-order valence-electron chi connectivity index (χ0n) is 14.7. The fraction of sp³-hybridized carbons (Fsp3) is 0.684. The van der Waals surface area contributed by atoms with Crippen LogP contribution in [-0.4, -0.2) is 37.6 Å². The highest BCUT2D eigenvalue weighted by Gasteiger charge is 2.22. The maximum absolute atomic E-state index is 2.60. The summed E-state index contributed by atoms with van der Waals surface area (Å²) in [5.41, 5.74) is 3.43. The Bertz CT molecular complexity index is 440. The van der Waals surface area contributed by atoms with Gasteiger partial charge in [-0.05, 0) is 28.5 Å². The van der Waals surface area contributed by atoms with E-state index in [0.717, 1.165) is 13.1 Å². The van der Waals surface area contributed by atoms with Gasteiger partial charge in [-0.1, -0.05) is 53.7 Å². The molecule has 0 unspecified atom stereocenters. The minimum absolute atomic E-state index is 0.240. The molecule has 1 aliphatic heterocycles. The molecule has 0 aromatic heterocycles. The molecule has 1 aromatic carbocycles. The average Bonchev–Trinajstić information content (AvgIpc) is 2.37. The number of hydrogen-bond acceptors (Lipinski definition) is 2. The van der Waals surface area contributed by atoms with Gasteiger partial charge in [-0.15, -0.1) is 0 Å². The Hall–Kier alpha value is -1.02. The van der Waals surface area contributed by atoms with Gasteiger partial charge in [0.2, 0.25) is 0 Å². The molecule has 21 heavy (non-hydrogen) atoms. The van der Waals surface area contributed by atoms with Crippen molar-refractivity contribution < 1.29 is 0 Å². The van der Waals surface area contributed by atoms with Gasteiger partial charge < -0.3 is 4.90 Å². The second kappa shape index (κ2) is 6.00.